The lowest BCUT2D eigenvalue weighted by atomic mass is 10.1. The molecule has 84 valence electrons. The number of hydrogen-bond donors (Lipinski definition) is 1. The number of benzene rings is 1. The largest absolute Gasteiger partial charge is 0.319 e. The highest BCUT2D eigenvalue weighted by Gasteiger charge is 2.07. The highest BCUT2D eigenvalue weighted by Crippen LogP contribution is 2.19. The quantitative estimate of drug-likeness (QED) is 0.835. The second kappa shape index (κ2) is 4.72. The van der Waals surface area contributed by atoms with Crippen molar-refractivity contribution in [1.82, 2.24) is 15.3 Å². The molecule has 2 aromatic rings. The van der Waals surface area contributed by atoms with Crippen LogP contribution in [0.15, 0.2) is 18.2 Å². The Kier molecular flexibility index (Phi) is 3.31. The molecule has 0 saturated carbocycles. The van der Waals surface area contributed by atoms with Crippen LogP contribution >= 0.6 is 11.6 Å². The van der Waals surface area contributed by atoms with Gasteiger partial charge in [-0.25, -0.2) is 14.4 Å². The van der Waals surface area contributed by atoms with E-state index in [1.54, 1.807) is 6.07 Å². The summed E-state index contributed by atoms with van der Waals surface area (Å²) in [7, 11) is 1.85. The van der Waals surface area contributed by atoms with Crippen LogP contribution in [0.2, 0.25) is 5.28 Å². The average molecular weight is 240 g/mol. The molecule has 3 nitrogen and oxygen atoms in total. The molecule has 5 heteroatoms. The third-order valence-electron chi connectivity index (χ3n) is 2.32. The molecule has 0 aliphatic carbocycles. The van der Waals surface area contributed by atoms with Crippen LogP contribution in [0.25, 0.3) is 10.9 Å². The van der Waals surface area contributed by atoms with Gasteiger partial charge >= 0.3 is 0 Å². The second-order valence-electron chi connectivity index (χ2n) is 3.45. The first kappa shape index (κ1) is 11.2. The first-order chi connectivity index (χ1) is 7.70. The molecule has 1 N–H and O–H groups in total. The highest BCUT2D eigenvalue weighted by atomic mass is 35.5. The summed E-state index contributed by atoms with van der Waals surface area (Å²) >= 11 is 5.81. The zero-order valence-corrected chi connectivity index (χ0v) is 9.55. The van der Waals surface area contributed by atoms with E-state index in [-0.39, 0.29) is 11.1 Å². The van der Waals surface area contributed by atoms with Gasteiger partial charge in [0.05, 0.1) is 11.2 Å². The summed E-state index contributed by atoms with van der Waals surface area (Å²) in [5.41, 5.74) is 1.44. The Morgan fingerprint density at radius 1 is 1.38 bits per heavy atom. The lowest BCUT2D eigenvalue weighted by Gasteiger charge is -2.05. The van der Waals surface area contributed by atoms with E-state index < -0.39 is 0 Å². The van der Waals surface area contributed by atoms with Gasteiger partial charge in [-0.15, -0.1) is 0 Å². The molecular weight excluding hydrogens is 229 g/mol. The smallest absolute Gasteiger partial charge is 0.223 e. The number of fused-ring (bicyclic) bond motifs is 1. The molecule has 0 bridgehead atoms. The second-order valence-corrected chi connectivity index (χ2v) is 3.79. The monoisotopic (exact) mass is 239 g/mol. The van der Waals surface area contributed by atoms with Gasteiger partial charge < -0.3 is 5.32 Å². The van der Waals surface area contributed by atoms with E-state index in [2.05, 4.69) is 15.3 Å². The third-order valence-corrected chi connectivity index (χ3v) is 2.49. The Morgan fingerprint density at radius 2 is 2.19 bits per heavy atom. The fourth-order valence-corrected chi connectivity index (χ4v) is 1.76. The van der Waals surface area contributed by atoms with E-state index in [0.717, 1.165) is 17.6 Å². The summed E-state index contributed by atoms with van der Waals surface area (Å²) in [6, 6.07) is 4.42. The Hall–Kier alpha value is -1.26. The first-order valence-electron chi connectivity index (χ1n) is 4.97. The van der Waals surface area contributed by atoms with Crippen LogP contribution in [0.1, 0.15) is 5.69 Å². The summed E-state index contributed by atoms with van der Waals surface area (Å²) in [5.74, 6) is -0.288. The normalized spacial score (nSPS) is 10.9. The molecular formula is C11H11ClFN3. The SMILES string of the molecule is CNCCc1nc(Cl)nc2ccc(F)cc12. The maximum Gasteiger partial charge on any atom is 0.223 e. The lowest BCUT2D eigenvalue weighted by Crippen LogP contribution is -2.11. The van der Waals surface area contributed by atoms with E-state index in [0.29, 0.717) is 11.9 Å². The Labute approximate surface area is 97.7 Å². The van der Waals surface area contributed by atoms with Crippen molar-refractivity contribution in [3.63, 3.8) is 0 Å². The Morgan fingerprint density at radius 3 is 2.94 bits per heavy atom. The van der Waals surface area contributed by atoms with Crippen LogP contribution in [0, 0.1) is 5.82 Å². The van der Waals surface area contributed by atoms with Crippen molar-refractivity contribution in [1.29, 1.82) is 0 Å². The van der Waals surface area contributed by atoms with Crippen molar-refractivity contribution in [3.8, 4) is 0 Å². The zero-order valence-electron chi connectivity index (χ0n) is 8.80. The average Bonchev–Trinajstić information content (AvgIpc) is 2.26. The van der Waals surface area contributed by atoms with E-state index in [1.165, 1.54) is 12.1 Å². The van der Waals surface area contributed by atoms with Crippen molar-refractivity contribution < 1.29 is 4.39 Å². The lowest BCUT2D eigenvalue weighted by molar-refractivity contribution is 0.629. The minimum atomic E-state index is -0.288. The van der Waals surface area contributed by atoms with E-state index in [1.807, 2.05) is 7.05 Å². The van der Waals surface area contributed by atoms with E-state index in [4.69, 9.17) is 11.6 Å². The number of hydrogen-bond acceptors (Lipinski definition) is 3. The standard InChI is InChI=1S/C11H11ClFN3/c1-14-5-4-10-8-6-7(13)2-3-9(8)15-11(12)16-10/h2-3,6,14H,4-5H2,1H3. The predicted molar refractivity (Wildman–Crippen MR) is 62.1 cm³/mol. The zero-order chi connectivity index (χ0) is 11.5. The van der Waals surface area contributed by atoms with Crippen LogP contribution < -0.4 is 5.32 Å². The number of rotatable bonds is 3. The van der Waals surface area contributed by atoms with Crippen LogP contribution in [0.4, 0.5) is 4.39 Å². The molecule has 1 heterocycles. The summed E-state index contributed by atoms with van der Waals surface area (Å²) in [6.45, 7) is 0.763. The van der Waals surface area contributed by atoms with Crippen LogP contribution in [-0.4, -0.2) is 23.6 Å². The summed E-state index contributed by atoms with van der Waals surface area (Å²) in [5, 5.41) is 3.94. The van der Waals surface area contributed by atoms with E-state index in [9.17, 15) is 4.39 Å². The van der Waals surface area contributed by atoms with Gasteiger partial charge in [0.1, 0.15) is 5.82 Å². The molecule has 0 unspecified atom stereocenters. The van der Waals surface area contributed by atoms with Gasteiger partial charge in [0.25, 0.3) is 0 Å². The molecule has 0 amide bonds. The number of likely N-dealkylation sites (N-methyl/N-ethyl adjacent to an activating group) is 1. The summed E-state index contributed by atoms with van der Waals surface area (Å²) < 4.78 is 13.1. The summed E-state index contributed by atoms with van der Waals surface area (Å²) in [4.78, 5) is 8.18. The summed E-state index contributed by atoms with van der Waals surface area (Å²) in [6.07, 6.45) is 0.693. The number of aromatic nitrogens is 2. The maximum atomic E-state index is 13.1. The van der Waals surface area contributed by atoms with Gasteiger partial charge in [-0.3, -0.25) is 0 Å². The molecule has 0 fully saturated rings. The molecule has 0 aliphatic rings. The molecule has 1 aromatic heterocycles. The van der Waals surface area contributed by atoms with Gasteiger partial charge in [-0.05, 0) is 36.8 Å². The molecule has 0 radical (unpaired) electrons. The number of nitrogens with zero attached hydrogens (tertiary/aromatic N) is 2. The Balaban J connectivity index is 2.55. The highest BCUT2D eigenvalue weighted by molar-refractivity contribution is 6.28. The molecule has 0 spiro atoms. The van der Waals surface area contributed by atoms with Crippen molar-refractivity contribution in [2.75, 3.05) is 13.6 Å². The minimum absolute atomic E-state index is 0.199. The minimum Gasteiger partial charge on any atom is -0.319 e. The molecule has 0 aliphatic heterocycles. The number of nitrogens with one attached hydrogen (secondary N) is 1. The van der Waals surface area contributed by atoms with Crippen molar-refractivity contribution >= 4 is 22.5 Å². The van der Waals surface area contributed by atoms with Gasteiger partial charge in [-0.2, -0.15) is 0 Å². The molecule has 1 aromatic carbocycles. The number of halogens is 2. The van der Waals surface area contributed by atoms with Crippen molar-refractivity contribution in [2.45, 2.75) is 6.42 Å². The van der Waals surface area contributed by atoms with Crippen LogP contribution in [0.5, 0.6) is 0 Å². The van der Waals surface area contributed by atoms with Gasteiger partial charge in [-0.1, -0.05) is 0 Å². The molecule has 2 rings (SSSR count). The van der Waals surface area contributed by atoms with Crippen LogP contribution in [-0.2, 0) is 6.42 Å². The van der Waals surface area contributed by atoms with Gasteiger partial charge in [0.2, 0.25) is 5.28 Å². The third kappa shape index (κ3) is 2.28. The van der Waals surface area contributed by atoms with Crippen molar-refractivity contribution in [2.24, 2.45) is 0 Å². The fraction of sp³-hybridized carbons (Fsp3) is 0.273. The van der Waals surface area contributed by atoms with Gasteiger partial charge in [0.15, 0.2) is 0 Å². The molecule has 0 saturated heterocycles. The topological polar surface area (TPSA) is 37.8 Å². The van der Waals surface area contributed by atoms with Gasteiger partial charge in [0, 0.05) is 18.4 Å². The molecule has 0 atom stereocenters. The fourth-order valence-electron chi connectivity index (χ4n) is 1.57. The maximum absolute atomic E-state index is 13.1. The molecule has 16 heavy (non-hydrogen) atoms. The predicted octanol–water partition coefficient (Wildman–Crippen LogP) is 2.18. The van der Waals surface area contributed by atoms with E-state index >= 15 is 0 Å². The first-order valence-corrected chi connectivity index (χ1v) is 5.35. The van der Waals surface area contributed by atoms with Crippen LogP contribution in [0.3, 0.4) is 0 Å². The van der Waals surface area contributed by atoms with Crippen molar-refractivity contribution in [3.05, 3.63) is 35.0 Å². The Bertz CT molecular complexity index is 516.